The fourth-order valence-corrected chi connectivity index (χ4v) is 3.12. The number of carbonyl (C=O) groups excluding carboxylic acids is 1. The van der Waals surface area contributed by atoms with Gasteiger partial charge in [-0.2, -0.15) is 0 Å². The summed E-state index contributed by atoms with van der Waals surface area (Å²) in [6.07, 6.45) is 0. The maximum atomic E-state index is 12.6. The average molecular weight is 487 g/mol. The van der Waals surface area contributed by atoms with Crippen LogP contribution in [0.15, 0.2) is 51.7 Å². The van der Waals surface area contributed by atoms with Gasteiger partial charge in [0.25, 0.3) is 11.5 Å². The molecule has 2 aromatic carbocycles. The maximum Gasteiger partial charge on any atom is 0.269 e. The lowest BCUT2D eigenvalue weighted by molar-refractivity contribution is 0.0953. The van der Waals surface area contributed by atoms with Crippen molar-refractivity contribution in [3.63, 3.8) is 0 Å². The van der Waals surface area contributed by atoms with Crippen LogP contribution in [-0.4, -0.2) is 15.5 Å². The lowest BCUT2D eigenvalue weighted by Crippen LogP contribution is -2.29. The zero-order valence-electron chi connectivity index (χ0n) is 11.0. The van der Waals surface area contributed by atoms with Crippen molar-refractivity contribution < 1.29 is 4.79 Å². The van der Waals surface area contributed by atoms with E-state index in [1.807, 2.05) is 6.07 Å². The minimum atomic E-state index is -0.445. The Morgan fingerprint density at radius 3 is 2.55 bits per heavy atom. The van der Waals surface area contributed by atoms with E-state index >= 15 is 0 Å². The fourth-order valence-electron chi connectivity index (χ4n) is 2.09. The van der Waals surface area contributed by atoms with Crippen molar-refractivity contribution in [2.45, 2.75) is 0 Å². The number of rotatable bonds is 1. The second kappa shape index (κ2) is 6.05. The van der Waals surface area contributed by atoms with Gasteiger partial charge in [0.1, 0.15) is 0 Å². The van der Waals surface area contributed by atoms with E-state index in [1.165, 1.54) is 0 Å². The quantitative estimate of drug-likeness (QED) is 0.416. The van der Waals surface area contributed by atoms with Crippen LogP contribution in [0.4, 0.5) is 0 Å². The van der Waals surface area contributed by atoms with Crippen molar-refractivity contribution in [2.24, 2.45) is 0 Å². The van der Waals surface area contributed by atoms with E-state index < -0.39 is 11.5 Å². The predicted molar refractivity (Wildman–Crippen MR) is 100.0 cm³/mol. The average Bonchev–Trinajstić information content (AvgIpc) is 2.49. The molecule has 3 rings (SSSR count). The zero-order valence-corrected chi connectivity index (χ0v) is 15.5. The summed E-state index contributed by atoms with van der Waals surface area (Å²) < 4.78 is 2.85. The van der Waals surface area contributed by atoms with Gasteiger partial charge in [-0.15, -0.1) is 0 Å². The molecule has 0 bridgehead atoms. The van der Waals surface area contributed by atoms with Gasteiger partial charge in [0.2, 0.25) is 0 Å². The minimum Gasteiger partial charge on any atom is -0.331 e. The Morgan fingerprint density at radius 2 is 1.86 bits per heavy atom. The Hall–Kier alpha value is -1.32. The summed E-state index contributed by atoms with van der Waals surface area (Å²) in [5.41, 5.74) is 0.607. The Kier molecular flexibility index (Phi) is 4.28. The van der Waals surface area contributed by atoms with Crippen LogP contribution in [0, 0.1) is 8.34 Å². The van der Waals surface area contributed by atoms with E-state index in [2.05, 4.69) is 43.5 Å². The van der Waals surface area contributed by atoms with Crippen molar-refractivity contribution in [2.75, 3.05) is 0 Å². The molecule has 0 saturated heterocycles. The largest absolute Gasteiger partial charge is 0.331 e. The summed E-state index contributed by atoms with van der Waals surface area (Å²) in [5, 5.41) is 0.436. The number of carbonyl (C=O) groups is 1. The molecule has 0 saturated carbocycles. The molecule has 0 aliphatic rings. The second-order valence-corrected chi connectivity index (χ2v) is 7.12. The number of halogens is 2. The highest BCUT2D eigenvalue weighted by atomic mass is 127. The second-order valence-electron chi connectivity index (χ2n) is 4.57. The molecule has 1 aromatic heterocycles. The Balaban J connectivity index is 2.26. The molecule has 3 aromatic rings. The van der Waals surface area contributed by atoms with Crippen LogP contribution in [0.1, 0.15) is 10.4 Å². The van der Waals surface area contributed by atoms with E-state index in [-0.39, 0.29) is 4.77 Å². The van der Waals surface area contributed by atoms with Crippen LogP contribution in [0.3, 0.4) is 0 Å². The van der Waals surface area contributed by atoms with E-state index in [1.54, 1.807) is 36.4 Å². The number of nitrogens with one attached hydrogen (secondary N) is 1. The number of aromatic nitrogens is 2. The molecular formula is C15H8BrIN2O2S. The summed E-state index contributed by atoms with van der Waals surface area (Å²) in [4.78, 5) is 28.1. The lowest BCUT2D eigenvalue weighted by Gasteiger charge is -2.07. The number of fused-ring (bicyclic) bond motifs is 1. The maximum absolute atomic E-state index is 12.6. The van der Waals surface area contributed by atoms with Crippen LogP contribution in [-0.2, 0) is 0 Å². The number of hydrogen-bond donors (Lipinski definition) is 1. The molecule has 22 heavy (non-hydrogen) atoms. The number of aromatic amines is 1. The van der Waals surface area contributed by atoms with Crippen LogP contribution >= 0.6 is 50.7 Å². The Bertz CT molecular complexity index is 1010. The molecule has 0 aliphatic carbocycles. The first-order chi connectivity index (χ1) is 10.5. The molecule has 1 N–H and O–H groups in total. The molecule has 7 heteroatoms. The minimum absolute atomic E-state index is 0.0895. The molecule has 4 nitrogen and oxygen atoms in total. The van der Waals surface area contributed by atoms with Crippen molar-refractivity contribution in [3.05, 3.63) is 71.2 Å². The summed E-state index contributed by atoms with van der Waals surface area (Å²) in [6.45, 7) is 0. The van der Waals surface area contributed by atoms with E-state index in [0.29, 0.717) is 16.5 Å². The van der Waals surface area contributed by atoms with Gasteiger partial charge in [-0.3, -0.25) is 9.59 Å². The third-order valence-corrected chi connectivity index (χ3v) is 4.64. The van der Waals surface area contributed by atoms with Crippen LogP contribution in [0.5, 0.6) is 0 Å². The monoisotopic (exact) mass is 486 g/mol. The van der Waals surface area contributed by atoms with E-state index in [0.717, 1.165) is 12.6 Å². The zero-order chi connectivity index (χ0) is 15.9. The standard InChI is InChI=1S/C15H8BrIN2O2S/c16-9-3-1-8(2-4-9)13(20)19-14(21)11-7-10(17)5-6-12(11)18-15(19)22/h1-7H,(H,18,22). The fraction of sp³-hybridized carbons (Fsp3) is 0. The van der Waals surface area contributed by atoms with Crippen molar-refractivity contribution in [1.82, 2.24) is 9.55 Å². The predicted octanol–water partition coefficient (Wildman–Crippen LogP) is 4.11. The molecule has 110 valence electrons. The first-order valence-corrected chi connectivity index (χ1v) is 8.50. The van der Waals surface area contributed by atoms with Crippen molar-refractivity contribution >= 4 is 67.5 Å². The molecule has 0 amide bonds. The normalized spacial score (nSPS) is 10.8. The Morgan fingerprint density at radius 1 is 1.18 bits per heavy atom. The SMILES string of the molecule is O=C(c1ccc(Br)cc1)n1c(=S)[nH]c2ccc(I)cc2c1=O. The van der Waals surface area contributed by atoms with Gasteiger partial charge < -0.3 is 4.98 Å². The molecule has 0 fully saturated rings. The number of nitrogens with zero attached hydrogens (tertiary/aromatic N) is 1. The summed E-state index contributed by atoms with van der Waals surface area (Å²) in [6, 6.07) is 12.2. The molecule has 0 radical (unpaired) electrons. The van der Waals surface area contributed by atoms with Gasteiger partial charge in [-0.05, 0) is 77.3 Å². The highest BCUT2D eigenvalue weighted by molar-refractivity contribution is 14.1. The third kappa shape index (κ3) is 2.80. The molecule has 0 unspecified atom stereocenters. The van der Waals surface area contributed by atoms with Gasteiger partial charge in [0.05, 0.1) is 10.9 Å². The van der Waals surface area contributed by atoms with Gasteiger partial charge in [-0.25, -0.2) is 4.57 Å². The summed E-state index contributed by atoms with van der Waals surface area (Å²) in [7, 11) is 0. The van der Waals surface area contributed by atoms with Gasteiger partial charge in [-0.1, -0.05) is 15.9 Å². The Labute approximate surface area is 152 Å². The van der Waals surface area contributed by atoms with Crippen LogP contribution < -0.4 is 5.56 Å². The first-order valence-electron chi connectivity index (χ1n) is 6.22. The molecule has 0 spiro atoms. The topological polar surface area (TPSA) is 54.9 Å². The smallest absolute Gasteiger partial charge is 0.269 e. The molecular weight excluding hydrogens is 479 g/mol. The number of hydrogen-bond acceptors (Lipinski definition) is 3. The lowest BCUT2D eigenvalue weighted by atomic mass is 10.2. The highest BCUT2D eigenvalue weighted by Gasteiger charge is 2.14. The molecule has 0 aliphatic heterocycles. The van der Waals surface area contributed by atoms with Gasteiger partial charge >= 0.3 is 0 Å². The van der Waals surface area contributed by atoms with E-state index in [4.69, 9.17) is 12.2 Å². The van der Waals surface area contributed by atoms with Crippen LogP contribution in [0.25, 0.3) is 10.9 Å². The summed E-state index contributed by atoms with van der Waals surface area (Å²) in [5.74, 6) is -0.445. The number of benzene rings is 2. The van der Waals surface area contributed by atoms with Crippen LogP contribution in [0.2, 0.25) is 0 Å². The molecule has 1 heterocycles. The van der Waals surface area contributed by atoms with E-state index in [9.17, 15) is 9.59 Å². The van der Waals surface area contributed by atoms with Crippen molar-refractivity contribution in [1.29, 1.82) is 0 Å². The number of H-pyrrole nitrogens is 1. The van der Waals surface area contributed by atoms with Gasteiger partial charge in [0, 0.05) is 13.6 Å². The van der Waals surface area contributed by atoms with Gasteiger partial charge in [0.15, 0.2) is 4.77 Å². The van der Waals surface area contributed by atoms with Crippen molar-refractivity contribution in [3.8, 4) is 0 Å². The summed E-state index contributed by atoms with van der Waals surface area (Å²) >= 11 is 10.6. The highest BCUT2D eigenvalue weighted by Crippen LogP contribution is 2.14. The first kappa shape index (κ1) is 15.6. The third-order valence-electron chi connectivity index (χ3n) is 3.15. The molecule has 0 atom stereocenters.